The van der Waals surface area contributed by atoms with Crippen molar-refractivity contribution < 1.29 is 28.8 Å². The lowest BCUT2D eigenvalue weighted by Gasteiger charge is -2.23. The minimum atomic E-state index is -1.34. The average molecular weight is 208 g/mol. The van der Waals surface area contributed by atoms with Gasteiger partial charge in [-0.1, -0.05) is 0 Å². The smallest absolute Gasteiger partial charge is 0.197 e. The summed E-state index contributed by atoms with van der Waals surface area (Å²) in [4.78, 5) is 0. The highest BCUT2D eigenvalue weighted by molar-refractivity contribution is 4.93. The van der Waals surface area contributed by atoms with Crippen molar-refractivity contribution in [3.05, 3.63) is 0 Å². The van der Waals surface area contributed by atoms with Crippen molar-refractivity contribution >= 4 is 0 Å². The number of ether oxygens (including phenoxy) is 3. The van der Waals surface area contributed by atoms with Crippen LogP contribution in [0.15, 0.2) is 0 Å². The average Bonchev–Trinajstić information content (AvgIpc) is 2.64. The van der Waals surface area contributed by atoms with E-state index in [-0.39, 0.29) is 6.61 Å². The maximum Gasteiger partial charge on any atom is 0.197 e. The highest BCUT2D eigenvalue weighted by Gasteiger charge is 2.55. The summed E-state index contributed by atoms with van der Waals surface area (Å²) in [6.45, 7) is 0.322. The molecule has 0 saturated carbocycles. The second-order valence-corrected chi connectivity index (χ2v) is 3.68. The lowest BCUT2D eigenvalue weighted by molar-refractivity contribution is -0.232. The molecular weight excluding hydrogens is 195 g/mol. The van der Waals surface area contributed by atoms with Crippen LogP contribution in [-0.2, 0) is 14.2 Å². The van der Waals surface area contributed by atoms with Gasteiger partial charge in [0.1, 0.15) is 25.0 Å². The monoisotopic (exact) mass is 208 g/mol. The van der Waals surface area contributed by atoms with Crippen LogP contribution in [0.3, 0.4) is 0 Å². The van der Waals surface area contributed by atoms with Gasteiger partial charge in [0.25, 0.3) is 0 Å². The Bertz CT molecular complexity index is 226. The van der Waals surface area contributed by atoms with E-state index in [2.05, 4.69) is 0 Å². The van der Waals surface area contributed by atoms with Crippen molar-refractivity contribution in [1.29, 1.82) is 0 Å². The summed E-state index contributed by atoms with van der Waals surface area (Å²) in [5.74, 6) is -1.34. The SMILES string of the molecule is CC1(CF)O[C@H]2O[C@H](CO)[C@H](O)[C@H]2O1. The topological polar surface area (TPSA) is 68.2 Å². The van der Waals surface area contributed by atoms with Crippen LogP contribution in [0, 0.1) is 0 Å². The molecule has 0 bridgehead atoms. The van der Waals surface area contributed by atoms with Gasteiger partial charge in [0.2, 0.25) is 0 Å². The number of hydrogen-bond acceptors (Lipinski definition) is 5. The number of rotatable bonds is 2. The molecule has 0 spiro atoms. The molecule has 0 aromatic heterocycles. The summed E-state index contributed by atoms with van der Waals surface area (Å²) >= 11 is 0. The van der Waals surface area contributed by atoms with Crippen LogP contribution in [0.5, 0.6) is 0 Å². The van der Waals surface area contributed by atoms with Gasteiger partial charge in [-0.25, -0.2) is 4.39 Å². The standard InChI is InChI=1S/C8H13FO5/c1-8(3-9)13-6-5(11)4(2-10)12-7(6)14-8/h4-7,10-11H,2-3H2,1H3/t4-,5+,6-,7-,8?/m1/s1. The van der Waals surface area contributed by atoms with Crippen LogP contribution in [0.25, 0.3) is 0 Å². The normalized spacial score (nSPS) is 52.3. The number of alkyl halides is 1. The summed E-state index contributed by atoms with van der Waals surface area (Å²) < 4.78 is 27.9. The molecule has 0 aliphatic carbocycles. The quantitative estimate of drug-likeness (QED) is 0.619. The maximum atomic E-state index is 12.5. The van der Waals surface area contributed by atoms with Gasteiger partial charge in [-0.05, 0) is 6.92 Å². The molecule has 0 aromatic rings. The van der Waals surface area contributed by atoms with E-state index in [1.165, 1.54) is 6.92 Å². The van der Waals surface area contributed by atoms with Gasteiger partial charge in [0, 0.05) is 0 Å². The van der Waals surface area contributed by atoms with E-state index in [9.17, 15) is 9.50 Å². The molecule has 2 aliphatic heterocycles. The minimum Gasteiger partial charge on any atom is -0.394 e. The Hall–Kier alpha value is -0.270. The Balaban J connectivity index is 2.05. The molecule has 2 saturated heterocycles. The minimum absolute atomic E-state index is 0.312. The van der Waals surface area contributed by atoms with E-state index in [4.69, 9.17) is 19.3 Å². The first kappa shape index (κ1) is 10.3. The van der Waals surface area contributed by atoms with Crippen LogP contribution < -0.4 is 0 Å². The number of aliphatic hydroxyl groups excluding tert-OH is 2. The van der Waals surface area contributed by atoms with E-state index >= 15 is 0 Å². The van der Waals surface area contributed by atoms with E-state index < -0.39 is 37.1 Å². The molecule has 2 fully saturated rings. The van der Waals surface area contributed by atoms with Crippen LogP contribution in [0.1, 0.15) is 6.92 Å². The Morgan fingerprint density at radius 3 is 2.64 bits per heavy atom. The van der Waals surface area contributed by atoms with Crippen LogP contribution in [-0.4, -0.2) is 53.9 Å². The van der Waals surface area contributed by atoms with Gasteiger partial charge in [0.15, 0.2) is 12.1 Å². The number of aliphatic hydroxyl groups is 2. The zero-order chi connectivity index (χ0) is 10.3. The van der Waals surface area contributed by atoms with Crippen LogP contribution in [0.4, 0.5) is 4.39 Å². The fraction of sp³-hybridized carbons (Fsp3) is 1.00. The lowest BCUT2D eigenvalue weighted by atomic mass is 10.1. The molecule has 2 aliphatic rings. The van der Waals surface area contributed by atoms with Gasteiger partial charge < -0.3 is 24.4 Å². The van der Waals surface area contributed by atoms with E-state index in [1.54, 1.807) is 0 Å². The van der Waals surface area contributed by atoms with Crippen molar-refractivity contribution in [1.82, 2.24) is 0 Å². The van der Waals surface area contributed by atoms with Crippen molar-refractivity contribution in [2.24, 2.45) is 0 Å². The molecule has 1 unspecified atom stereocenters. The predicted molar refractivity (Wildman–Crippen MR) is 42.1 cm³/mol. The Morgan fingerprint density at radius 2 is 2.14 bits per heavy atom. The third-order valence-corrected chi connectivity index (χ3v) is 2.47. The molecule has 0 radical (unpaired) electrons. The Morgan fingerprint density at radius 1 is 1.43 bits per heavy atom. The van der Waals surface area contributed by atoms with Gasteiger partial charge in [0.05, 0.1) is 6.61 Å². The lowest BCUT2D eigenvalue weighted by Crippen LogP contribution is -2.38. The maximum absolute atomic E-state index is 12.5. The summed E-state index contributed by atoms with van der Waals surface area (Å²) in [5.41, 5.74) is 0. The zero-order valence-corrected chi connectivity index (χ0v) is 7.72. The van der Waals surface area contributed by atoms with Crippen LogP contribution in [0.2, 0.25) is 0 Å². The summed E-state index contributed by atoms with van der Waals surface area (Å²) in [5, 5.41) is 18.4. The summed E-state index contributed by atoms with van der Waals surface area (Å²) in [6, 6.07) is 0. The first-order chi connectivity index (χ1) is 6.59. The third-order valence-electron chi connectivity index (χ3n) is 2.47. The van der Waals surface area contributed by atoms with E-state index in [0.717, 1.165) is 0 Å². The van der Waals surface area contributed by atoms with Crippen molar-refractivity contribution in [3.8, 4) is 0 Å². The second kappa shape index (κ2) is 3.39. The highest BCUT2D eigenvalue weighted by atomic mass is 19.1. The zero-order valence-electron chi connectivity index (χ0n) is 7.72. The molecule has 2 rings (SSSR count). The third kappa shape index (κ3) is 1.43. The molecule has 5 nitrogen and oxygen atoms in total. The fourth-order valence-electron chi connectivity index (χ4n) is 1.70. The fourth-order valence-corrected chi connectivity index (χ4v) is 1.70. The first-order valence-corrected chi connectivity index (χ1v) is 4.45. The van der Waals surface area contributed by atoms with Crippen molar-refractivity contribution in [2.75, 3.05) is 13.3 Å². The molecular formula is C8H13FO5. The van der Waals surface area contributed by atoms with Gasteiger partial charge in [-0.15, -0.1) is 0 Å². The molecule has 82 valence electrons. The molecule has 6 heteroatoms. The van der Waals surface area contributed by atoms with Crippen molar-refractivity contribution in [3.63, 3.8) is 0 Å². The van der Waals surface area contributed by atoms with Gasteiger partial charge >= 0.3 is 0 Å². The first-order valence-electron chi connectivity index (χ1n) is 4.45. The second-order valence-electron chi connectivity index (χ2n) is 3.68. The summed E-state index contributed by atoms with van der Waals surface area (Å²) in [7, 11) is 0. The molecule has 2 N–H and O–H groups in total. The molecule has 2 heterocycles. The number of fused-ring (bicyclic) bond motifs is 1. The highest BCUT2D eigenvalue weighted by Crippen LogP contribution is 2.37. The van der Waals surface area contributed by atoms with Crippen molar-refractivity contribution in [2.45, 2.75) is 37.3 Å². The van der Waals surface area contributed by atoms with E-state index in [1.807, 2.05) is 0 Å². The molecule has 0 amide bonds. The molecule has 14 heavy (non-hydrogen) atoms. The Kier molecular flexibility index (Phi) is 2.48. The largest absolute Gasteiger partial charge is 0.394 e. The molecule has 5 atom stereocenters. The Labute approximate surface area is 80.4 Å². The summed E-state index contributed by atoms with van der Waals surface area (Å²) in [6.07, 6.45) is -3.19. The van der Waals surface area contributed by atoms with Crippen LogP contribution >= 0.6 is 0 Å². The van der Waals surface area contributed by atoms with E-state index in [0.29, 0.717) is 0 Å². The number of hydrogen-bond donors (Lipinski definition) is 2. The number of halogens is 1. The predicted octanol–water partition coefficient (Wildman–Crippen LogP) is -0.834. The molecule has 0 aromatic carbocycles. The van der Waals surface area contributed by atoms with Gasteiger partial charge in [-0.2, -0.15) is 0 Å². The van der Waals surface area contributed by atoms with Gasteiger partial charge in [-0.3, -0.25) is 0 Å².